The van der Waals surface area contributed by atoms with Gasteiger partial charge in [0.1, 0.15) is 0 Å². The van der Waals surface area contributed by atoms with E-state index in [9.17, 15) is 9.59 Å². The van der Waals surface area contributed by atoms with Gasteiger partial charge in [-0.15, -0.1) is 10.2 Å². The van der Waals surface area contributed by atoms with Crippen LogP contribution in [0.2, 0.25) is 0 Å². The van der Waals surface area contributed by atoms with Crippen molar-refractivity contribution in [1.29, 1.82) is 0 Å². The van der Waals surface area contributed by atoms with Crippen LogP contribution < -0.4 is 10.2 Å². The first-order valence-electron chi connectivity index (χ1n) is 9.24. The number of aromatic nitrogens is 2. The van der Waals surface area contributed by atoms with Gasteiger partial charge in [0.2, 0.25) is 0 Å². The lowest BCUT2D eigenvalue weighted by molar-refractivity contribution is 0.0526. The van der Waals surface area contributed by atoms with Crippen LogP contribution >= 0.6 is 0 Å². The Morgan fingerprint density at radius 3 is 2.41 bits per heavy atom. The van der Waals surface area contributed by atoms with Gasteiger partial charge in [-0.1, -0.05) is 6.92 Å². The summed E-state index contributed by atoms with van der Waals surface area (Å²) >= 11 is 0. The number of carbonyl (C=O) groups excluding carboxylic acids is 2. The SMILES string of the molecule is CCOC(=O)c1ccc(NC(=O)c2ccc(N3CCC(C)CC3)nn2)cc1. The fraction of sp³-hybridized carbons (Fsp3) is 0.400. The molecule has 7 heteroatoms. The number of nitrogens with one attached hydrogen (secondary N) is 1. The second-order valence-corrected chi connectivity index (χ2v) is 6.70. The van der Waals surface area contributed by atoms with Crippen molar-refractivity contribution in [2.24, 2.45) is 5.92 Å². The van der Waals surface area contributed by atoms with E-state index in [4.69, 9.17) is 4.74 Å². The largest absolute Gasteiger partial charge is 0.462 e. The molecule has 1 aliphatic heterocycles. The zero-order valence-electron chi connectivity index (χ0n) is 15.6. The number of hydrogen-bond acceptors (Lipinski definition) is 6. The Morgan fingerprint density at radius 2 is 1.81 bits per heavy atom. The molecule has 0 aliphatic carbocycles. The molecule has 0 bridgehead atoms. The average molecular weight is 368 g/mol. The van der Waals surface area contributed by atoms with Gasteiger partial charge in [0, 0.05) is 18.8 Å². The lowest BCUT2D eigenvalue weighted by atomic mass is 9.99. The van der Waals surface area contributed by atoms with Crippen LogP contribution in [0.5, 0.6) is 0 Å². The number of rotatable bonds is 5. The van der Waals surface area contributed by atoms with Crippen LogP contribution in [0.3, 0.4) is 0 Å². The van der Waals surface area contributed by atoms with Crippen molar-refractivity contribution in [3.63, 3.8) is 0 Å². The van der Waals surface area contributed by atoms with Crippen LogP contribution in [-0.2, 0) is 4.74 Å². The van der Waals surface area contributed by atoms with Gasteiger partial charge in [-0.25, -0.2) is 4.79 Å². The van der Waals surface area contributed by atoms with Gasteiger partial charge in [-0.05, 0) is 62.1 Å². The van der Waals surface area contributed by atoms with E-state index >= 15 is 0 Å². The molecule has 0 spiro atoms. The molecule has 1 amide bonds. The molecule has 2 aromatic rings. The molecule has 0 saturated carbocycles. The number of benzene rings is 1. The molecule has 142 valence electrons. The minimum atomic E-state index is -0.385. The molecule has 3 rings (SSSR count). The van der Waals surface area contributed by atoms with Gasteiger partial charge in [-0.2, -0.15) is 0 Å². The Balaban J connectivity index is 1.60. The van der Waals surface area contributed by atoms with Crippen LogP contribution in [0.1, 0.15) is 47.5 Å². The highest BCUT2D eigenvalue weighted by Gasteiger charge is 2.18. The van der Waals surface area contributed by atoms with Crippen LogP contribution in [0.4, 0.5) is 11.5 Å². The predicted octanol–water partition coefficient (Wildman–Crippen LogP) is 3.14. The van der Waals surface area contributed by atoms with E-state index in [0.717, 1.165) is 37.7 Å². The van der Waals surface area contributed by atoms with Crippen LogP contribution in [-0.4, -0.2) is 41.8 Å². The quantitative estimate of drug-likeness (QED) is 0.816. The monoisotopic (exact) mass is 368 g/mol. The third kappa shape index (κ3) is 4.81. The van der Waals surface area contributed by atoms with E-state index < -0.39 is 0 Å². The molecule has 7 nitrogen and oxygen atoms in total. The molecule has 1 aliphatic rings. The third-order valence-electron chi connectivity index (χ3n) is 4.64. The number of piperidine rings is 1. The normalized spacial score (nSPS) is 14.7. The lowest BCUT2D eigenvalue weighted by Crippen LogP contribution is -2.33. The maximum atomic E-state index is 12.3. The number of amides is 1. The van der Waals surface area contributed by atoms with Gasteiger partial charge in [0.25, 0.3) is 5.91 Å². The van der Waals surface area contributed by atoms with Gasteiger partial charge >= 0.3 is 5.97 Å². The molecule has 0 radical (unpaired) electrons. The fourth-order valence-corrected chi connectivity index (χ4v) is 2.95. The smallest absolute Gasteiger partial charge is 0.338 e. The van der Waals surface area contributed by atoms with Crippen LogP contribution in [0, 0.1) is 5.92 Å². The van der Waals surface area contributed by atoms with E-state index in [1.165, 1.54) is 0 Å². The maximum Gasteiger partial charge on any atom is 0.338 e. The van der Waals surface area contributed by atoms with Gasteiger partial charge in [-0.3, -0.25) is 4.79 Å². The molecule has 0 atom stereocenters. The number of esters is 1. The molecular weight excluding hydrogens is 344 g/mol. The first-order chi connectivity index (χ1) is 13.1. The highest BCUT2D eigenvalue weighted by molar-refractivity contribution is 6.03. The summed E-state index contributed by atoms with van der Waals surface area (Å²) in [5.74, 6) is 0.820. The van der Waals surface area contributed by atoms with Crippen molar-refractivity contribution in [3.8, 4) is 0 Å². The first-order valence-corrected chi connectivity index (χ1v) is 9.24. The van der Waals surface area contributed by atoms with E-state index in [0.29, 0.717) is 17.9 Å². The van der Waals surface area contributed by atoms with E-state index in [1.807, 2.05) is 6.07 Å². The molecule has 2 heterocycles. The Morgan fingerprint density at radius 1 is 1.11 bits per heavy atom. The number of anilines is 2. The second-order valence-electron chi connectivity index (χ2n) is 6.70. The lowest BCUT2D eigenvalue weighted by Gasteiger charge is -2.30. The zero-order valence-corrected chi connectivity index (χ0v) is 15.6. The molecule has 0 unspecified atom stereocenters. The minimum absolute atomic E-state index is 0.249. The van der Waals surface area contributed by atoms with Crippen molar-refractivity contribution >= 4 is 23.4 Å². The van der Waals surface area contributed by atoms with Crippen molar-refractivity contribution in [1.82, 2.24) is 10.2 Å². The van der Waals surface area contributed by atoms with Gasteiger partial charge < -0.3 is 15.0 Å². The van der Waals surface area contributed by atoms with Crippen molar-refractivity contribution in [2.75, 3.05) is 29.9 Å². The van der Waals surface area contributed by atoms with Crippen molar-refractivity contribution < 1.29 is 14.3 Å². The number of nitrogens with zero attached hydrogens (tertiary/aromatic N) is 3. The Bertz CT molecular complexity index is 782. The summed E-state index contributed by atoms with van der Waals surface area (Å²) in [6, 6.07) is 10.0. The third-order valence-corrected chi connectivity index (χ3v) is 4.64. The standard InChI is InChI=1S/C20H24N4O3/c1-3-27-20(26)15-4-6-16(7-5-15)21-19(25)17-8-9-18(23-22-17)24-12-10-14(2)11-13-24/h4-9,14H,3,10-13H2,1-2H3,(H,21,25). The summed E-state index contributed by atoms with van der Waals surface area (Å²) < 4.78 is 4.94. The Kier molecular flexibility index (Phi) is 6.01. The van der Waals surface area contributed by atoms with E-state index in [-0.39, 0.29) is 17.6 Å². The summed E-state index contributed by atoms with van der Waals surface area (Å²) in [4.78, 5) is 26.2. The Hall–Kier alpha value is -2.96. The molecule has 1 aromatic heterocycles. The summed E-state index contributed by atoms with van der Waals surface area (Å²) in [5.41, 5.74) is 1.26. The van der Waals surface area contributed by atoms with Crippen LogP contribution in [0.15, 0.2) is 36.4 Å². The highest BCUT2D eigenvalue weighted by Crippen LogP contribution is 2.21. The summed E-state index contributed by atoms with van der Waals surface area (Å²) in [7, 11) is 0. The Labute approximate surface area is 158 Å². The second kappa shape index (κ2) is 8.62. The highest BCUT2D eigenvalue weighted by atomic mass is 16.5. The summed E-state index contributed by atoms with van der Waals surface area (Å²) in [6.45, 7) is 6.27. The molecule has 1 fully saturated rings. The zero-order chi connectivity index (χ0) is 19.2. The molecule has 1 N–H and O–H groups in total. The number of ether oxygens (including phenoxy) is 1. The molecule has 1 aromatic carbocycles. The predicted molar refractivity (Wildman–Crippen MR) is 103 cm³/mol. The molecule has 27 heavy (non-hydrogen) atoms. The molecule has 1 saturated heterocycles. The number of carbonyl (C=O) groups is 2. The van der Waals surface area contributed by atoms with Crippen molar-refractivity contribution in [2.45, 2.75) is 26.7 Å². The molecular formula is C20H24N4O3. The minimum Gasteiger partial charge on any atom is -0.462 e. The fourth-order valence-electron chi connectivity index (χ4n) is 2.95. The van der Waals surface area contributed by atoms with E-state index in [1.54, 1.807) is 37.3 Å². The summed E-state index contributed by atoms with van der Waals surface area (Å²) in [6.07, 6.45) is 2.29. The topological polar surface area (TPSA) is 84.4 Å². The van der Waals surface area contributed by atoms with Crippen molar-refractivity contribution in [3.05, 3.63) is 47.7 Å². The first kappa shape index (κ1) is 18.8. The van der Waals surface area contributed by atoms with E-state index in [2.05, 4.69) is 27.3 Å². The average Bonchev–Trinajstić information content (AvgIpc) is 2.69. The summed E-state index contributed by atoms with van der Waals surface area (Å²) in [5, 5.41) is 11.0. The number of hydrogen-bond donors (Lipinski definition) is 1. The van der Waals surface area contributed by atoms with Crippen LogP contribution in [0.25, 0.3) is 0 Å². The van der Waals surface area contributed by atoms with Gasteiger partial charge in [0.05, 0.1) is 12.2 Å². The maximum absolute atomic E-state index is 12.3. The van der Waals surface area contributed by atoms with Gasteiger partial charge in [0.15, 0.2) is 11.5 Å².